The Morgan fingerprint density at radius 1 is 1.05 bits per heavy atom. The van der Waals surface area contributed by atoms with Crippen molar-refractivity contribution in [2.75, 3.05) is 0 Å². The summed E-state index contributed by atoms with van der Waals surface area (Å²) in [4.78, 5) is 3.21. The molecule has 0 amide bonds. The summed E-state index contributed by atoms with van der Waals surface area (Å²) in [6.45, 7) is 4.20. The molecule has 1 aromatic heterocycles. The van der Waals surface area contributed by atoms with E-state index < -0.39 is 0 Å². The van der Waals surface area contributed by atoms with Gasteiger partial charge in [-0.25, -0.2) is 0 Å². The molecule has 96 valence electrons. The zero-order valence-corrected chi connectivity index (χ0v) is 12.3. The standard InChI is InChI=1S/C15H13ClN2S/c1-9-3-5-12(7-10(9)2)18-14-8-11(16)4-6-13(14)17-15(18)19/h3-8H,1-2H3,(H,17,19). The van der Waals surface area contributed by atoms with E-state index in [2.05, 4.69) is 37.0 Å². The van der Waals surface area contributed by atoms with Gasteiger partial charge in [0.15, 0.2) is 4.77 Å². The van der Waals surface area contributed by atoms with Crippen LogP contribution < -0.4 is 0 Å². The van der Waals surface area contributed by atoms with E-state index in [0.29, 0.717) is 9.79 Å². The molecule has 0 spiro atoms. The first-order chi connectivity index (χ1) is 9.06. The SMILES string of the molecule is Cc1ccc(-n2c(=S)[nH]c3ccc(Cl)cc32)cc1C. The molecule has 3 aromatic rings. The van der Waals surface area contributed by atoms with Crippen molar-refractivity contribution in [2.45, 2.75) is 13.8 Å². The second-order valence-corrected chi connectivity index (χ2v) is 5.52. The molecule has 0 bridgehead atoms. The monoisotopic (exact) mass is 288 g/mol. The Bertz CT molecular complexity index is 830. The lowest BCUT2D eigenvalue weighted by molar-refractivity contribution is 1.06. The Morgan fingerprint density at radius 3 is 2.58 bits per heavy atom. The number of halogens is 1. The van der Waals surface area contributed by atoms with Crippen LogP contribution in [0.15, 0.2) is 36.4 Å². The first-order valence-electron chi connectivity index (χ1n) is 6.04. The molecule has 0 saturated heterocycles. The second-order valence-electron chi connectivity index (χ2n) is 4.70. The largest absolute Gasteiger partial charge is 0.330 e. The van der Waals surface area contributed by atoms with E-state index in [0.717, 1.165) is 16.7 Å². The molecule has 0 aliphatic carbocycles. The number of nitrogens with zero attached hydrogens (tertiary/aromatic N) is 1. The van der Waals surface area contributed by atoms with Crippen LogP contribution in [0.5, 0.6) is 0 Å². The molecular formula is C15H13ClN2S. The van der Waals surface area contributed by atoms with Crippen molar-refractivity contribution in [1.82, 2.24) is 9.55 Å². The Hall–Kier alpha value is -1.58. The molecule has 2 aromatic carbocycles. The van der Waals surface area contributed by atoms with Gasteiger partial charge in [0.1, 0.15) is 0 Å². The van der Waals surface area contributed by atoms with E-state index in [9.17, 15) is 0 Å². The first kappa shape index (κ1) is 12.5. The molecule has 0 radical (unpaired) electrons. The maximum absolute atomic E-state index is 6.08. The zero-order chi connectivity index (χ0) is 13.6. The molecule has 0 fully saturated rings. The van der Waals surface area contributed by atoms with Gasteiger partial charge in [-0.05, 0) is 67.5 Å². The maximum Gasteiger partial charge on any atom is 0.182 e. The summed E-state index contributed by atoms with van der Waals surface area (Å²) in [6, 6.07) is 12.1. The van der Waals surface area contributed by atoms with E-state index >= 15 is 0 Å². The van der Waals surface area contributed by atoms with Gasteiger partial charge in [-0.3, -0.25) is 4.57 Å². The fourth-order valence-corrected chi connectivity index (χ4v) is 2.68. The van der Waals surface area contributed by atoms with E-state index in [4.69, 9.17) is 23.8 Å². The van der Waals surface area contributed by atoms with E-state index in [1.54, 1.807) is 0 Å². The molecule has 3 rings (SSSR count). The number of hydrogen-bond acceptors (Lipinski definition) is 1. The Morgan fingerprint density at radius 2 is 1.84 bits per heavy atom. The highest BCUT2D eigenvalue weighted by Gasteiger charge is 2.07. The van der Waals surface area contributed by atoms with Crippen molar-refractivity contribution in [1.29, 1.82) is 0 Å². The molecule has 0 unspecified atom stereocenters. The van der Waals surface area contributed by atoms with Crippen LogP contribution in [0.4, 0.5) is 0 Å². The Balaban J connectivity index is 2.35. The number of H-pyrrole nitrogens is 1. The maximum atomic E-state index is 6.08. The van der Waals surface area contributed by atoms with Crippen LogP contribution in [0.1, 0.15) is 11.1 Å². The average molecular weight is 289 g/mol. The quantitative estimate of drug-likeness (QED) is 0.628. The van der Waals surface area contributed by atoms with Gasteiger partial charge in [0.25, 0.3) is 0 Å². The molecule has 1 N–H and O–H groups in total. The van der Waals surface area contributed by atoms with Gasteiger partial charge >= 0.3 is 0 Å². The highest BCUT2D eigenvalue weighted by atomic mass is 35.5. The molecule has 1 heterocycles. The number of aromatic amines is 1. The van der Waals surface area contributed by atoms with Crippen LogP contribution in [0.3, 0.4) is 0 Å². The summed E-state index contributed by atoms with van der Waals surface area (Å²) < 4.78 is 2.70. The van der Waals surface area contributed by atoms with E-state index in [1.165, 1.54) is 11.1 Å². The van der Waals surface area contributed by atoms with Crippen molar-refractivity contribution in [3.05, 3.63) is 57.3 Å². The predicted octanol–water partition coefficient (Wildman–Crippen LogP) is 4.96. The molecule has 0 aliphatic heterocycles. The van der Waals surface area contributed by atoms with Crippen LogP contribution in [0, 0.1) is 18.6 Å². The Kier molecular flexibility index (Phi) is 2.96. The third-order valence-electron chi connectivity index (χ3n) is 3.39. The lowest BCUT2D eigenvalue weighted by atomic mass is 10.1. The van der Waals surface area contributed by atoms with Crippen LogP contribution in [0.25, 0.3) is 16.7 Å². The van der Waals surface area contributed by atoms with Crippen LogP contribution in [-0.2, 0) is 0 Å². The number of benzene rings is 2. The van der Waals surface area contributed by atoms with E-state index in [-0.39, 0.29) is 0 Å². The summed E-state index contributed by atoms with van der Waals surface area (Å²) in [5.41, 5.74) is 5.57. The number of rotatable bonds is 1. The van der Waals surface area contributed by atoms with Gasteiger partial charge in [0, 0.05) is 10.7 Å². The summed E-state index contributed by atoms with van der Waals surface area (Å²) in [5, 5.41) is 0.707. The minimum Gasteiger partial charge on any atom is -0.330 e. The van der Waals surface area contributed by atoms with Gasteiger partial charge in [0.05, 0.1) is 11.0 Å². The number of aromatic nitrogens is 2. The second kappa shape index (κ2) is 4.51. The minimum absolute atomic E-state index is 0.681. The summed E-state index contributed by atoms with van der Waals surface area (Å²) in [7, 11) is 0. The molecular weight excluding hydrogens is 276 g/mol. The smallest absolute Gasteiger partial charge is 0.182 e. The van der Waals surface area contributed by atoms with Gasteiger partial charge in [-0.15, -0.1) is 0 Å². The van der Waals surface area contributed by atoms with E-state index in [1.807, 2.05) is 22.8 Å². The summed E-state index contributed by atoms with van der Waals surface area (Å²) in [6.07, 6.45) is 0. The van der Waals surface area contributed by atoms with Crippen LogP contribution in [0.2, 0.25) is 5.02 Å². The van der Waals surface area contributed by atoms with Crippen LogP contribution >= 0.6 is 23.8 Å². The fourth-order valence-electron chi connectivity index (χ4n) is 2.20. The van der Waals surface area contributed by atoms with Gasteiger partial charge in [-0.1, -0.05) is 17.7 Å². The molecule has 0 aliphatic rings. The van der Waals surface area contributed by atoms with Gasteiger partial charge in [0.2, 0.25) is 0 Å². The lowest BCUT2D eigenvalue weighted by Gasteiger charge is -2.07. The number of hydrogen-bond donors (Lipinski definition) is 1. The first-order valence-corrected chi connectivity index (χ1v) is 6.83. The van der Waals surface area contributed by atoms with Crippen molar-refractivity contribution in [3.8, 4) is 5.69 Å². The minimum atomic E-state index is 0.681. The summed E-state index contributed by atoms with van der Waals surface area (Å²) >= 11 is 11.5. The molecule has 4 heteroatoms. The lowest BCUT2D eigenvalue weighted by Crippen LogP contribution is -1.95. The number of imidazole rings is 1. The van der Waals surface area contributed by atoms with Crippen molar-refractivity contribution in [3.63, 3.8) is 0 Å². The zero-order valence-electron chi connectivity index (χ0n) is 10.7. The highest BCUT2D eigenvalue weighted by Crippen LogP contribution is 2.24. The predicted molar refractivity (Wildman–Crippen MR) is 82.9 cm³/mol. The third kappa shape index (κ3) is 2.09. The topological polar surface area (TPSA) is 20.7 Å². The van der Waals surface area contributed by atoms with Gasteiger partial charge in [-0.2, -0.15) is 0 Å². The fraction of sp³-hybridized carbons (Fsp3) is 0.133. The van der Waals surface area contributed by atoms with Crippen molar-refractivity contribution in [2.24, 2.45) is 0 Å². The van der Waals surface area contributed by atoms with Crippen LogP contribution in [-0.4, -0.2) is 9.55 Å². The molecule has 0 saturated carbocycles. The molecule has 0 atom stereocenters. The molecule has 19 heavy (non-hydrogen) atoms. The summed E-state index contributed by atoms with van der Waals surface area (Å²) in [5.74, 6) is 0. The number of nitrogens with one attached hydrogen (secondary N) is 1. The highest BCUT2D eigenvalue weighted by molar-refractivity contribution is 7.71. The molecule has 2 nitrogen and oxygen atoms in total. The van der Waals surface area contributed by atoms with Crippen molar-refractivity contribution < 1.29 is 0 Å². The Labute approximate surface area is 121 Å². The number of aryl methyl sites for hydroxylation is 2. The average Bonchev–Trinajstić information content (AvgIpc) is 2.68. The van der Waals surface area contributed by atoms with Crippen molar-refractivity contribution >= 4 is 34.9 Å². The number of fused-ring (bicyclic) bond motifs is 1. The third-order valence-corrected chi connectivity index (χ3v) is 3.91. The normalized spacial score (nSPS) is 11.1. The van der Waals surface area contributed by atoms with Gasteiger partial charge < -0.3 is 4.98 Å².